The van der Waals surface area contributed by atoms with Gasteiger partial charge < -0.3 is 20.1 Å². The summed E-state index contributed by atoms with van der Waals surface area (Å²) in [4.78, 5) is 16.0. The van der Waals surface area contributed by atoms with E-state index in [2.05, 4.69) is 10.3 Å². The smallest absolute Gasteiger partial charge is 0.417 e. The predicted molar refractivity (Wildman–Crippen MR) is 67.2 cm³/mol. The summed E-state index contributed by atoms with van der Waals surface area (Å²) in [7, 11) is 0. The number of morpholine rings is 1. The second-order valence-corrected chi connectivity index (χ2v) is 4.53. The van der Waals surface area contributed by atoms with Crippen molar-refractivity contribution in [1.82, 2.24) is 10.3 Å². The Morgan fingerprint density at radius 1 is 1.52 bits per heavy atom. The van der Waals surface area contributed by atoms with Crippen molar-refractivity contribution in [3.63, 3.8) is 0 Å². The van der Waals surface area contributed by atoms with E-state index in [-0.39, 0.29) is 12.6 Å². The summed E-state index contributed by atoms with van der Waals surface area (Å²) < 4.78 is 42.8. The summed E-state index contributed by atoms with van der Waals surface area (Å²) in [6.07, 6.45) is -5.14. The molecule has 0 aliphatic carbocycles. The Morgan fingerprint density at radius 2 is 2.29 bits per heavy atom. The molecule has 0 bridgehead atoms. The number of nitrogens with one attached hydrogen (secondary N) is 1. The zero-order valence-electron chi connectivity index (χ0n) is 10.9. The average molecular weight is 305 g/mol. The second-order valence-electron chi connectivity index (χ2n) is 4.53. The summed E-state index contributed by atoms with van der Waals surface area (Å²) in [5, 5.41) is 10.7. The Kier molecular flexibility index (Phi) is 4.51. The number of amides is 1. The zero-order valence-corrected chi connectivity index (χ0v) is 10.9. The number of hydrogen-bond acceptors (Lipinski definition) is 4. The fraction of sp³-hybridized carbons (Fsp3) is 0.500. The van der Waals surface area contributed by atoms with Gasteiger partial charge in [-0.1, -0.05) is 0 Å². The van der Waals surface area contributed by atoms with Gasteiger partial charge in [0, 0.05) is 25.8 Å². The number of halogens is 3. The van der Waals surface area contributed by atoms with Gasteiger partial charge in [-0.3, -0.25) is 0 Å². The third kappa shape index (κ3) is 4.22. The largest absolute Gasteiger partial charge is 0.465 e. The van der Waals surface area contributed by atoms with Crippen molar-refractivity contribution in [2.75, 3.05) is 31.1 Å². The maximum absolute atomic E-state index is 12.5. The topological polar surface area (TPSA) is 74.7 Å². The predicted octanol–water partition coefficient (Wildman–Crippen LogP) is 1.57. The lowest BCUT2D eigenvalue weighted by molar-refractivity contribution is -0.137. The number of nitrogens with zero attached hydrogens (tertiary/aromatic N) is 2. The van der Waals surface area contributed by atoms with E-state index < -0.39 is 17.8 Å². The molecule has 0 radical (unpaired) electrons. The van der Waals surface area contributed by atoms with Gasteiger partial charge in [0.25, 0.3) is 0 Å². The van der Waals surface area contributed by atoms with Gasteiger partial charge in [0.1, 0.15) is 5.82 Å². The number of rotatable bonds is 3. The van der Waals surface area contributed by atoms with Gasteiger partial charge >= 0.3 is 12.3 Å². The molecule has 116 valence electrons. The van der Waals surface area contributed by atoms with Crippen LogP contribution in [0.5, 0.6) is 0 Å². The second kappa shape index (κ2) is 6.17. The number of alkyl halides is 3. The molecule has 1 atom stereocenters. The summed E-state index contributed by atoms with van der Waals surface area (Å²) in [5.74, 6) is 0.409. The molecule has 2 N–H and O–H groups in total. The van der Waals surface area contributed by atoms with Gasteiger partial charge in [0.15, 0.2) is 0 Å². The molecular weight excluding hydrogens is 291 g/mol. The van der Waals surface area contributed by atoms with Crippen molar-refractivity contribution in [2.45, 2.75) is 12.3 Å². The lowest BCUT2D eigenvalue weighted by Crippen LogP contribution is -2.47. The van der Waals surface area contributed by atoms with Crippen LogP contribution in [0.2, 0.25) is 0 Å². The number of carboxylic acid groups (broad SMARTS) is 1. The van der Waals surface area contributed by atoms with Crippen LogP contribution in [-0.2, 0) is 10.9 Å². The SMILES string of the molecule is O=C(O)NCC1CN(c2ccc(C(F)(F)F)cn2)CCO1. The van der Waals surface area contributed by atoms with Gasteiger partial charge in [0.05, 0.1) is 18.3 Å². The van der Waals surface area contributed by atoms with Crippen LogP contribution in [0.25, 0.3) is 0 Å². The highest BCUT2D eigenvalue weighted by Gasteiger charge is 2.31. The number of carbonyl (C=O) groups is 1. The van der Waals surface area contributed by atoms with Crippen LogP contribution >= 0.6 is 0 Å². The number of ether oxygens (including phenoxy) is 1. The third-order valence-corrected chi connectivity index (χ3v) is 3.02. The van der Waals surface area contributed by atoms with Crippen LogP contribution in [0.1, 0.15) is 5.56 Å². The maximum atomic E-state index is 12.5. The number of hydrogen-bond donors (Lipinski definition) is 2. The lowest BCUT2D eigenvalue weighted by Gasteiger charge is -2.33. The number of anilines is 1. The first kappa shape index (κ1) is 15.4. The quantitative estimate of drug-likeness (QED) is 0.887. The summed E-state index contributed by atoms with van der Waals surface area (Å²) in [6.45, 7) is 1.32. The molecule has 1 fully saturated rings. The Morgan fingerprint density at radius 3 is 2.86 bits per heavy atom. The van der Waals surface area contributed by atoms with Crippen LogP contribution in [0.15, 0.2) is 18.3 Å². The molecule has 1 saturated heterocycles. The highest BCUT2D eigenvalue weighted by atomic mass is 19.4. The van der Waals surface area contributed by atoms with E-state index in [1.165, 1.54) is 6.07 Å². The monoisotopic (exact) mass is 305 g/mol. The Bertz CT molecular complexity index is 493. The van der Waals surface area contributed by atoms with Gasteiger partial charge in [0.2, 0.25) is 0 Å². The summed E-state index contributed by atoms with van der Waals surface area (Å²) in [6, 6.07) is 2.28. The fourth-order valence-electron chi connectivity index (χ4n) is 1.99. The van der Waals surface area contributed by atoms with E-state index in [0.29, 0.717) is 25.5 Å². The van der Waals surface area contributed by atoms with Crippen molar-refractivity contribution in [3.05, 3.63) is 23.9 Å². The molecule has 0 saturated carbocycles. The van der Waals surface area contributed by atoms with Crippen molar-refractivity contribution >= 4 is 11.9 Å². The molecule has 2 heterocycles. The van der Waals surface area contributed by atoms with E-state index in [1.807, 2.05) is 0 Å². The average Bonchev–Trinajstić information content (AvgIpc) is 2.45. The third-order valence-electron chi connectivity index (χ3n) is 3.02. The standard InChI is InChI=1S/C12H14F3N3O3/c13-12(14,15)8-1-2-10(16-5-8)18-3-4-21-9(7-18)6-17-11(19)20/h1-2,5,9,17H,3-4,6-7H2,(H,19,20). The molecule has 0 spiro atoms. The molecule has 2 rings (SSSR count). The molecule has 1 aliphatic rings. The highest BCUT2D eigenvalue weighted by molar-refractivity contribution is 5.64. The Hall–Kier alpha value is -2.03. The number of aromatic nitrogens is 1. The molecule has 1 unspecified atom stereocenters. The Labute approximate surface area is 118 Å². The number of pyridine rings is 1. The van der Waals surface area contributed by atoms with E-state index >= 15 is 0 Å². The first-order valence-corrected chi connectivity index (χ1v) is 6.23. The molecule has 21 heavy (non-hydrogen) atoms. The van der Waals surface area contributed by atoms with E-state index in [9.17, 15) is 18.0 Å². The fourth-order valence-corrected chi connectivity index (χ4v) is 1.99. The van der Waals surface area contributed by atoms with Crippen LogP contribution in [-0.4, -0.2) is 48.5 Å². The minimum Gasteiger partial charge on any atom is -0.465 e. The molecular formula is C12H14F3N3O3. The van der Waals surface area contributed by atoms with Gasteiger partial charge in [-0.25, -0.2) is 9.78 Å². The Balaban J connectivity index is 1.99. The first-order chi connectivity index (χ1) is 9.86. The van der Waals surface area contributed by atoms with Crippen LogP contribution in [0, 0.1) is 0 Å². The van der Waals surface area contributed by atoms with Crippen LogP contribution in [0.3, 0.4) is 0 Å². The van der Waals surface area contributed by atoms with E-state index in [4.69, 9.17) is 9.84 Å². The molecule has 1 amide bonds. The van der Waals surface area contributed by atoms with E-state index in [0.717, 1.165) is 12.3 Å². The molecule has 1 aromatic heterocycles. The minimum absolute atomic E-state index is 0.118. The first-order valence-electron chi connectivity index (χ1n) is 6.23. The lowest BCUT2D eigenvalue weighted by atomic mass is 10.2. The van der Waals surface area contributed by atoms with Crippen molar-refractivity contribution < 1.29 is 27.8 Å². The van der Waals surface area contributed by atoms with Crippen LogP contribution in [0.4, 0.5) is 23.8 Å². The molecule has 0 aromatic carbocycles. The maximum Gasteiger partial charge on any atom is 0.417 e. The zero-order chi connectivity index (χ0) is 15.5. The van der Waals surface area contributed by atoms with E-state index in [1.54, 1.807) is 4.90 Å². The normalized spacial score (nSPS) is 19.4. The molecule has 1 aromatic rings. The van der Waals surface area contributed by atoms with Gasteiger partial charge in [-0.05, 0) is 12.1 Å². The highest BCUT2D eigenvalue weighted by Crippen LogP contribution is 2.29. The summed E-state index contributed by atoms with van der Waals surface area (Å²) in [5.41, 5.74) is -0.802. The van der Waals surface area contributed by atoms with Gasteiger partial charge in [-0.15, -0.1) is 0 Å². The van der Waals surface area contributed by atoms with Crippen molar-refractivity contribution in [1.29, 1.82) is 0 Å². The summed E-state index contributed by atoms with van der Waals surface area (Å²) >= 11 is 0. The van der Waals surface area contributed by atoms with Gasteiger partial charge in [-0.2, -0.15) is 13.2 Å². The molecule has 9 heteroatoms. The van der Waals surface area contributed by atoms with Crippen molar-refractivity contribution in [3.8, 4) is 0 Å². The molecule has 6 nitrogen and oxygen atoms in total. The van der Waals surface area contributed by atoms with Crippen LogP contribution < -0.4 is 10.2 Å². The van der Waals surface area contributed by atoms with Crippen molar-refractivity contribution in [2.24, 2.45) is 0 Å². The minimum atomic E-state index is -4.41. The molecule has 1 aliphatic heterocycles.